The van der Waals surface area contributed by atoms with E-state index in [1.54, 1.807) is 0 Å². The highest BCUT2D eigenvalue weighted by molar-refractivity contribution is 5.48. The van der Waals surface area contributed by atoms with Gasteiger partial charge in [-0.3, -0.25) is 0 Å². The minimum Gasteiger partial charge on any atom is -0.476 e. The quantitative estimate of drug-likeness (QED) is 0.616. The van der Waals surface area contributed by atoms with Crippen molar-refractivity contribution in [2.45, 2.75) is 52.0 Å². The van der Waals surface area contributed by atoms with Gasteiger partial charge in [0.2, 0.25) is 5.88 Å². The third kappa shape index (κ3) is 4.04. The normalized spacial score (nSPS) is 15.4. The van der Waals surface area contributed by atoms with E-state index in [1.165, 1.54) is 12.8 Å². The second kappa shape index (κ2) is 6.15. The first-order valence-electron chi connectivity index (χ1n) is 7.51. The average Bonchev–Trinajstić information content (AvgIpc) is 3.23. The number of ether oxygens (including phenoxy) is 1. The minimum absolute atomic E-state index is 0.151. The predicted molar refractivity (Wildman–Crippen MR) is 84.4 cm³/mol. The Kier molecular flexibility index (Phi) is 4.68. The summed E-state index contributed by atoms with van der Waals surface area (Å²) in [5.41, 5.74) is 3.33. The third-order valence-corrected chi connectivity index (χ3v) is 3.76. The summed E-state index contributed by atoms with van der Waals surface area (Å²) in [7, 11) is 2.14. The summed E-state index contributed by atoms with van der Waals surface area (Å²) in [5, 5.41) is 0. The number of hydrazine groups is 1. The van der Waals surface area contributed by atoms with Crippen LogP contribution in [-0.2, 0) is 5.41 Å². The molecular weight excluding hydrogens is 266 g/mol. The molecule has 0 spiro atoms. The van der Waals surface area contributed by atoms with Gasteiger partial charge < -0.3 is 15.1 Å². The molecule has 3 N–H and O–H groups in total. The average molecular weight is 293 g/mol. The maximum atomic E-state index is 5.88. The summed E-state index contributed by atoms with van der Waals surface area (Å²) >= 11 is 0. The van der Waals surface area contributed by atoms with Crippen molar-refractivity contribution in [1.82, 2.24) is 14.9 Å². The Hall–Kier alpha value is -1.40. The molecule has 1 aromatic heterocycles. The molecule has 6 heteroatoms. The highest BCUT2D eigenvalue weighted by atomic mass is 16.5. The first-order chi connectivity index (χ1) is 9.82. The number of likely N-dealkylation sites (N-methyl/N-ethyl adjacent to an activating group) is 1. The zero-order valence-corrected chi connectivity index (χ0v) is 13.7. The van der Waals surface area contributed by atoms with Gasteiger partial charge in [0.1, 0.15) is 12.4 Å². The first kappa shape index (κ1) is 16.0. The Labute approximate surface area is 127 Å². The van der Waals surface area contributed by atoms with Crippen LogP contribution in [0.1, 0.15) is 45.0 Å². The monoisotopic (exact) mass is 293 g/mol. The van der Waals surface area contributed by atoms with E-state index in [9.17, 15) is 0 Å². The zero-order valence-electron chi connectivity index (χ0n) is 13.7. The second-order valence-electron chi connectivity index (χ2n) is 6.78. The Bertz CT molecular complexity index is 494. The molecule has 0 unspecified atom stereocenters. The van der Waals surface area contributed by atoms with E-state index in [2.05, 4.69) is 48.1 Å². The Morgan fingerprint density at radius 2 is 2.00 bits per heavy atom. The lowest BCUT2D eigenvalue weighted by atomic mass is 9.95. The van der Waals surface area contributed by atoms with Crippen LogP contribution >= 0.6 is 0 Å². The van der Waals surface area contributed by atoms with E-state index in [0.29, 0.717) is 18.3 Å². The van der Waals surface area contributed by atoms with Gasteiger partial charge >= 0.3 is 0 Å². The summed E-state index contributed by atoms with van der Waals surface area (Å²) in [6.07, 6.45) is 2.61. The molecule has 1 aliphatic carbocycles. The van der Waals surface area contributed by atoms with Crippen LogP contribution in [-0.4, -0.2) is 41.1 Å². The molecule has 0 saturated heterocycles. The highest BCUT2D eigenvalue weighted by Crippen LogP contribution is 2.28. The lowest BCUT2D eigenvalue weighted by molar-refractivity contribution is 0.224. The third-order valence-electron chi connectivity index (χ3n) is 3.76. The molecule has 1 aromatic rings. The number of nitrogens with two attached hydrogens (primary N) is 1. The van der Waals surface area contributed by atoms with E-state index in [1.807, 2.05) is 6.92 Å². The van der Waals surface area contributed by atoms with Crippen LogP contribution < -0.4 is 16.0 Å². The van der Waals surface area contributed by atoms with Crippen LogP contribution in [0.15, 0.2) is 0 Å². The van der Waals surface area contributed by atoms with Gasteiger partial charge in [0.25, 0.3) is 0 Å². The second-order valence-corrected chi connectivity index (χ2v) is 6.78. The summed E-state index contributed by atoms with van der Waals surface area (Å²) in [6.45, 7) is 9.66. The van der Waals surface area contributed by atoms with Crippen molar-refractivity contribution in [1.29, 1.82) is 0 Å². The molecule has 1 aliphatic rings. The lowest BCUT2D eigenvalue weighted by Gasteiger charge is -2.21. The molecule has 0 aliphatic heterocycles. The molecule has 0 aromatic carbocycles. The van der Waals surface area contributed by atoms with Crippen molar-refractivity contribution in [3.05, 3.63) is 11.4 Å². The molecule has 1 fully saturated rings. The van der Waals surface area contributed by atoms with Crippen molar-refractivity contribution in [3.8, 4) is 5.88 Å². The van der Waals surface area contributed by atoms with Gasteiger partial charge in [-0.2, -0.15) is 4.98 Å². The molecule has 6 nitrogen and oxygen atoms in total. The molecule has 0 bridgehead atoms. The van der Waals surface area contributed by atoms with Crippen LogP contribution in [0.5, 0.6) is 5.88 Å². The van der Waals surface area contributed by atoms with Crippen molar-refractivity contribution in [2.75, 3.05) is 25.6 Å². The Balaban J connectivity index is 2.09. The largest absolute Gasteiger partial charge is 0.476 e. The molecule has 21 heavy (non-hydrogen) atoms. The van der Waals surface area contributed by atoms with Crippen molar-refractivity contribution >= 4 is 5.82 Å². The van der Waals surface area contributed by atoms with Gasteiger partial charge in [-0.25, -0.2) is 10.8 Å². The molecule has 0 amide bonds. The van der Waals surface area contributed by atoms with Crippen molar-refractivity contribution in [3.63, 3.8) is 0 Å². The maximum absolute atomic E-state index is 5.88. The van der Waals surface area contributed by atoms with Crippen LogP contribution in [0.25, 0.3) is 0 Å². The fourth-order valence-electron chi connectivity index (χ4n) is 2.10. The van der Waals surface area contributed by atoms with E-state index in [-0.39, 0.29) is 5.41 Å². The lowest BCUT2D eigenvalue weighted by Crippen LogP contribution is -2.27. The van der Waals surface area contributed by atoms with E-state index in [4.69, 9.17) is 10.6 Å². The van der Waals surface area contributed by atoms with Crippen LogP contribution in [0, 0.1) is 6.92 Å². The standard InChI is InChI=1S/C15H27N5O/c1-10-12(19-16)17-14(15(2,3)4)18-13(10)21-9-8-20(5)11-6-7-11/h11H,6-9,16H2,1-5H3,(H,17,18,19). The van der Waals surface area contributed by atoms with Gasteiger partial charge in [-0.05, 0) is 26.8 Å². The molecule has 0 radical (unpaired) electrons. The van der Waals surface area contributed by atoms with Crippen LogP contribution in [0.4, 0.5) is 5.82 Å². The maximum Gasteiger partial charge on any atom is 0.221 e. The fourth-order valence-corrected chi connectivity index (χ4v) is 2.10. The first-order valence-corrected chi connectivity index (χ1v) is 7.51. The van der Waals surface area contributed by atoms with Crippen molar-refractivity contribution in [2.24, 2.45) is 5.84 Å². The number of nitrogens with zero attached hydrogens (tertiary/aromatic N) is 3. The number of rotatable bonds is 6. The van der Waals surface area contributed by atoms with E-state index in [0.717, 1.165) is 24.0 Å². The van der Waals surface area contributed by atoms with Gasteiger partial charge in [-0.1, -0.05) is 20.8 Å². The van der Waals surface area contributed by atoms with Gasteiger partial charge in [-0.15, -0.1) is 0 Å². The Morgan fingerprint density at radius 1 is 1.33 bits per heavy atom. The molecular formula is C15H27N5O. The summed E-state index contributed by atoms with van der Waals surface area (Å²) in [5.74, 6) is 7.52. The van der Waals surface area contributed by atoms with E-state index >= 15 is 0 Å². The smallest absolute Gasteiger partial charge is 0.221 e. The SMILES string of the molecule is Cc1c(NN)nc(C(C)(C)C)nc1OCCN(C)C1CC1. The number of nitrogens with one attached hydrogen (secondary N) is 1. The number of hydrogen-bond donors (Lipinski definition) is 2. The summed E-state index contributed by atoms with van der Waals surface area (Å²) in [4.78, 5) is 11.4. The van der Waals surface area contributed by atoms with Gasteiger partial charge in [0.15, 0.2) is 5.82 Å². The number of aromatic nitrogens is 2. The predicted octanol–water partition coefficient (Wildman–Crippen LogP) is 1.84. The van der Waals surface area contributed by atoms with Gasteiger partial charge in [0, 0.05) is 18.0 Å². The van der Waals surface area contributed by atoms with E-state index < -0.39 is 0 Å². The number of hydrogen-bond acceptors (Lipinski definition) is 6. The zero-order chi connectivity index (χ0) is 15.6. The molecule has 118 valence electrons. The molecule has 1 heterocycles. The summed E-state index contributed by atoms with van der Waals surface area (Å²) < 4.78 is 5.88. The number of nitrogen functional groups attached to an aromatic ring is 1. The van der Waals surface area contributed by atoms with Crippen LogP contribution in [0.3, 0.4) is 0 Å². The topological polar surface area (TPSA) is 76.3 Å². The van der Waals surface area contributed by atoms with Gasteiger partial charge in [0.05, 0.1) is 5.56 Å². The van der Waals surface area contributed by atoms with Crippen LogP contribution in [0.2, 0.25) is 0 Å². The summed E-state index contributed by atoms with van der Waals surface area (Å²) in [6, 6.07) is 0.742. The Morgan fingerprint density at radius 3 is 2.52 bits per heavy atom. The highest BCUT2D eigenvalue weighted by Gasteiger charge is 2.26. The van der Waals surface area contributed by atoms with Crippen molar-refractivity contribution < 1.29 is 4.74 Å². The molecule has 1 saturated carbocycles. The number of anilines is 1. The fraction of sp³-hybridized carbons (Fsp3) is 0.733. The molecule has 2 rings (SSSR count). The molecule has 0 atom stereocenters. The minimum atomic E-state index is -0.151.